The number of likely N-dealkylation sites (N-methyl/N-ethyl adjacent to an activating group) is 1. The van der Waals surface area contributed by atoms with Crippen molar-refractivity contribution in [3.8, 4) is 0 Å². The molecule has 1 unspecified atom stereocenters. The molecule has 2 rings (SSSR count). The van der Waals surface area contributed by atoms with Crippen LogP contribution in [0.2, 0.25) is 0 Å². The Bertz CT molecular complexity index is 320. The smallest absolute Gasteiger partial charge is 0.217 e. The summed E-state index contributed by atoms with van der Waals surface area (Å²) in [4.78, 5) is 0. The molecule has 0 bridgehead atoms. The van der Waals surface area contributed by atoms with Crippen LogP contribution in [0.1, 0.15) is 12.5 Å². The van der Waals surface area contributed by atoms with E-state index in [2.05, 4.69) is 51.0 Å². The third kappa shape index (κ3) is 5.87. The summed E-state index contributed by atoms with van der Waals surface area (Å²) in [5.41, 5.74) is 1.38. The lowest BCUT2D eigenvalue weighted by atomic mass is 10.2. The van der Waals surface area contributed by atoms with E-state index in [0.29, 0.717) is 6.23 Å². The maximum absolute atomic E-state index is 5.32. The molecule has 1 heterocycles. The molecule has 2 nitrogen and oxygen atoms in total. The lowest BCUT2D eigenvalue weighted by Gasteiger charge is -2.27. The molecule has 0 spiro atoms. The third-order valence-corrected chi connectivity index (χ3v) is 2.53. The van der Waals surface area contributed by atoms with E-state index in [4.69, 9.17) is 4.74 Å². The van der Waals surface area contributed by atoms with Crippen molar-refractivity contribution in [2.75, 3.05) is 20.7 Å². The van der Waals surface area contributed by atoms with Crippen LogP contribution in [0.15, 0.2) is 43.0 Å². The topological polar surface area (TPSA) is 12.5 Å². The van der Waals surface area contributed by atoms with Crippen LogP contribution in [-0.4, -0.2) is 31.4 Å². The van der Waals surface area contributed by atoms with Crippen LogP contribution in [0, 0.1) is 0 Å². The van der Waals surface area contributed by atoms with Crippen molar-refractivity contribution < 1.29 is 21.6 Å². The van der Waals surface area contributed by atoms with E-state index in [1.54, 1.807) is 6.08 Å². The first kappa shape index (κ1) is 16.2. The van der Waals surface area contributed by atoms with Crippen LogP contribution in [0.3, 0.4) is 0 Å². The van der Waals surface area contributed by atoms with Gasteiger partial charge in [-0.15, -0.1) is 6.58 Å². The zero-order valence-corrected chi connectivity index (χ0v) is 11.7. The molecule has 1 aromatic rings. The molecule has 1 aliphatic rings. The average Bonchev–Trinajstić information content (AvgIpc) is 3.03. The molecule has 1 fully saturated rings. The van der Waals surface area contributed by atoms with E-state index in [1.165, 1.54) is 5.56 Å². The quantitative estimate of drug-likeness (QED) is 0.415. The van der Waals surface area contributed by atoms with Gasteiger partial charge in [-0.1, -0.05) is 36.4 Å². The summed E-state index contributed by atoms with van der Waals surface area (Å²) in [6, 6.07) is 10.6. The Hall–Kier alpha value is -0.830. The van der Waals surface area contributed by atoms with E-state index in [0.717, 1.165) is 17.6 Å². The van der Waals surface area contributed by atoms with E-state index >= 15 is 0 Å². The van der Waals surface area contributed by atoms with Crippen molar-refractivity contribution in [3.05, 3.63) is 48.6 Å². The zero-order valence-electron chi connectivity index (χ0n) is 10.9. The van der Waals surface area contributed by atoms with Gasteiger partial charge in [0.1, 0.15) is 13.2 Å². The maximum atomic E-state index is 5.32. The summed E-state index contributed by atoms with van der Waals surface area (Å²) >= 11 is 0. The molecule has 3 heteroatoms. The Morgan fingerprint density at radius 2 is 1.82 bits per heavy atom. The van der Waals surface area contributed by atoms with Gasteiger partial charge < -0.3 is 17.1 Å². The van der Waals surface area contributed by atoms with Crippen molar-refractivity contribution in [1.29, 1.82) is 0 Å². The second-order valence-electron chi connectivity index (χ2n) is 4.62. The van der Waals surface area contributed by atoms with Gasteiger partial charge in [-0.25, -0.2) is 0 Å². The molecule has 1 aliphatic heterocycles. The Morgan fingerprint density at radius 3 is 2.24 bits per heavy atom. The van der Waals surface area contributed by atoms with Gasteiger partial charge in [-0.05, 0) is 6.92 Å². The number of halogens is 1. The van der Waals surface area contributed by atoms with Gasteiger partial charge in [0, 0.05) is 5.56 Å². The predicted molar refractivity (Wildman–Crippen MR) is 67.9 cm³/mol. The van der Waals surface area contributed by atoms with Gasteiger partial charge >= 0.3 is 0 Å². The molecule has 1 saturated heterocycles. The number of nitrogens with zero attached hydrogens (tertiary/aromatic N) is 1. The van der Waals surface area contributed by atoms with Crippen LogP contribution in [0.25, 0.3) is 0 Å². The highest BCUT2D eigenvalue weighted by Crippen LogP contribution is 2.23. The summed E-state index contributed by atoms with van der Waals surface area (Å²) in [5.74, 6) is 0. The summed E-state index contributed by atoms with van der Waals surface area (Å²) in [6.45, 7) is 7.21. The number of allylic oxidation sites excluding steroid dienone is 1. The largest absolute Gasteiger partial charge is 1.00 e. The van der Waals surface area contributed by atoms with Gasteiger partial charge in [-0.3, -0.25) is 4.48 Å². The van der Waals surface area contributed by atoms with Gasteiger partial charge in [0.2, 0.25) is 6.23 Å². The molecular weight excluding hydrogens is 234 g/mol. The minimum absolute atomic E-state index is 0. The highest BCUT2D eigenvalue weighted by molar-refractivity contribution is 5.13. The van der Waals surface area contributed by atoms with E-state index in [9.17, 15) is 0 Å². The Labute approximate surface area is 111 Å². The van der Waals surface area contributed by atoms with Crippen molar-refractivity contribution >= 4 is 0 Å². The highest BCUT2D eigenvalue weighted by Gasteiger charge is 2.39. The van der Waals surface area contributed by atoms with Gasteiger partial charge in [-0.2, -0.15) is 0 Å². The highest BCUT2D eigenvalue weighted by atomic mass is 35.5. The number of benzene rings is 1. The summed E-state index contributed by atoms with van der Waals surface area (Å²) < 4.78 is 6.25. The summed E-state index contributed by atoms with van der Waals surface area (Å²) in [7, 11) is 4.43. The molecule has 17 heavy (non-hydrogen) atoms. The first-order chi connectivity index (χ1) is 7.60. The second-order valence-corrected chi connectivity index (χ2v) is 4.62. The van der Waals surface area contributed by atoms with Crippen LogP contribution in [0.5, 0.6) is 0 Å². The maximum Gasteiger partial charge on any atom is 0.217 e. The van der Waals surface area contributed by atoms with Gasteiger partial charge in [0.05, 0.1) is 14.1 Å². The van der Waals surface area contributed by atoms with Crippen molar-refractivity contribution in [3.63, 3.8) is 0 Å². The second kappa shape index (κ2) is 7.49. The fourth-order valence-corrected chi connectivity index (χ4v) is 1.60. The molecule has 1 atom stereocenters. The summed E-state index contributed by atoms with van der Waals surface area (Å²) in [5, 5.41) is 0. The Kier molecular flexibility index (Phi) is 7.12. The molecule has 1 aromatic carbocycles. The normalized spacial score (nSPS) is 17.2. The number of hydrogen-bond acceptors (Lipinski definition) is 1. The number of quaternary nitrogens is 1. The molecule has 96 valence electrons. The lowest BCUT2D eigenvalue weighted by Crippen LogP contribution is -3.00. The van der Waals surface area contributed by atoms with Crippen LogP contribution in [-0.2, 0) is 11.3 Å². The van der Waals surface area contributed by atoms with Crippen molar-refractivity contribution in [1.82, 2.24) is 0 Å². The van der Waals surface area contributed by atoms with Crippen LogP contribution < -0.4 is 12.4 Å². The minimum Gasteiger partial charge on any atom is -1.00 e. The molecular formula is C14H22ClNO. The molecule has 0 saturated carbocycles. The van der Waals surface area contributed by atoms with Gasteiger partial charge in [0.15, 0.2) is 0 Å². The third-order valence-electron chi connectivity index (χ3n) is 2.53. The monoisotopic (exact) mass is 255 g/mol. The molecule has 0 aliphatic carbocycles. The number of rotatable bonds is 3. The SMILES string of the molecule is C=CC.C[N+](C)(Cc1ccccc1)C1CO1.[Cl-]. The number of ether oxygens (including phenoxy) is 1. The Balaban J connectivity index is 0.000000583. The predicted octanol–water partition coefficient (Wildman–Crippen LogP) is -0.184. The lowest BCUT2D eigenvalue weighted by molar-refractivity contribution is -0.923. The standard InChI is InChI=1S/C11H16NO.C3H6.ClH/c1-12(2,11-9-13-11)8-10-6-4-3-5-7-10;1-3-2;/h3-7,11H,8-9H2,1-2H3;3H,1H2,2H3;1H/q+1;;/p-1. The van der Waals surface area contributed by atoms with Crippen molar-refractivity contribution in [2.45, 2.75) is 19.7 Å². The van der Waals surface area contributed by atoms with E-state index in [1.807, 2.05) is 6.92 Å². The van der Waals surface area contributed by atoms with E-state index < -0.39 is 0 Å². The molecule has 0 radical (unpaired) electrons. The zero-order chi connectivity index (χ0) is 12.0. The average molecular weight is 256 g/mol. The molecule has 0 amide bonds. The first-order valence-electron chi connectivity index (χ1n) is 5.65. The van der Waals surface area contributed by atoms with Gasteiger partial charge in [0.25, 0.3) is 0 Å². The molecule has 0 N–H and O–H groups in total. The molecule has 0 aromatic heterocycles. The summed E-state index contributed by atoms with van der Waals surface area (Å²) in [6.07, 6.45) is 2.17. The first-order valence-corrected chi connectivity index (χ1v) is 5.65. The number of epoxide rings is 1. The number of hydrogen-bond donors (Lipinski definition) is 0. The minimum atomic E-state index is 0. The van der Waals surface area contributed by atoms with Crippen molar-refractivity contribution in [2.24, 2.45) is 0 Å². The fourth-order valence-electron chi connectivity index (χ4n) is 1.60. The Morgan fingerprint density at radius 1 is 1.35 bits per heavy atom. The van der Waals surface area contributed by atoms with E-state index in [-0.39, 0.29) is 12.4 Å². The fraction of sp³-hybridized carbons (Fsp3) is 0.429. The van der Waals surface area contributed by atoms with Crippen LogP contribution >= 0.6 is 0 Å². The van der Waals surface area contributed by atoms with Crippen LogP contribution in [0.4, 0.5) is 0 Å².